The first kappa shape index (κ1) is 14.0. The number of hydrogen-bond acceptors (Lipinski definition) is 4. The van der Waals surface area contributed by atoms with Crippen molar-refractivity contribution < 1.29 is 4.57 Å². The van der Waals surface area contributed by atoms with Crippen molar-refractivity contribution in [2.45, 2.75) is 26.8 Å². The third-order valence-electron chi connectivity index (χ3n) is 2.86. The van der Waals surface area contributed by atoms with Crippen molar-refractivity contribution in [2.24, 2.45) is 4.99 Å². The van der Waals surface area contributed by atoms with Crippen molar-refractivity contribution in [3.05, 3.63) is 36.4 Å². The standard InChI is InChI=1S/C15H18N5/c1-3-7-17-15-13(10-16)19-14(11-18-15)12-5-8-20(4-2)9-6-12/h5-11,16H,3-4H2,1-2H3/q+1. The van der Waals surface area contributed by atoms with E-state index in [1.807, 2.05) is 31.5 Å². The summed E-state index contributed by atoms with van der Waals surface area (Å²) < 4.78 is 2.08. The van der Waals surface area contributed by atoms with E-state index in [4.69, 9.17) is 5.41 Å². The Morgan fingerprint density at radius 2 is 2.05 bits per heavy atom. The van der Waals surface area contributed by atoms with Gasteiger partial charge in [-0.25, -0.2) is 19.5 Å². The van der Waals surface area contributed by atoms with E-state index >= 15 is 0 Å². The summed E-state index contributed by atoms with van der Waals surface area (Å²) in [5.41, 5.74) is 2.22. The Morgan fingerprint density at radius 3 is 2.65 bits per heavy atom. The molecule has 0 saturated carbocycles. The van der Waals surface area contributed by atoms with Crippen LogP contribution in [0.1, 0.15) is 26.0 Å². The van der Waals surface area contributed by atoms with Gasteiger partial charge in [0.1, 0.15) is 12.2 Å². The normalized spacial score (nSPS) is 10.9. The maximum atomic E-state index is 7.44. The molecule has 0 radical (unpaired) electrons. The number of nitrogens with zero attached hydrogens (tertiary/aromatic N) is 4. The Balaban J connectivity index is 2.37. The van der Waals surface area contributed by atoms with E-state index in [-0.39, 0.29) is 0 Å². The molecule has 0 spiro atoms. The summed E-state index contributed by atoms with van der Waals surface area (Å²) in [6.07, 6.45) is 9.49. The molecule has 0 aliphatic heterocycles. The van der Waals surface area contributed by atoms with Crippen molar-refractivity contribution >= 4 is 18.2 Å². The molecule has 102 valence electrons. The van der Waals surface area contributed by atoms with Crippen LogP contribution in [0.4, 0.5) is 5.82 Å². The monoisotopic (exact) mass is 268 g/mol. The highest BCUT2D eigenvalue weighted by molar-refractivity contribution is 5.82. The van der Waals surface area contributed by atoms with Crippen LogP contribution in [-0.2, 0) is 6.54 Å². The first-order valence-corrected chi connectivity index (χ1v) is 6.68. The van der Waals surface area contributed by atoms with Crippen LogP contribution in [0.2, 0.25) is 0 Å². The first-order chi connectivity index (χ1) is 9.78. The molecule has 0 fully saturated rings. The fourth-order valence-corrected chi connectivity index (χ4v) is 1.75. The number of hydrogen-bond donors (Lipinski definition) is 1. The smallest absolute Gasteiger partial charge is 0.179 e. The number of rotatable bonds is 5. The van der Waals surface area contributed by atoms with E-state index in [0.717, 1.165) is 24.2 Å². The lowest BCUT2D eigenvalue weighted by atomic mass is 10.2. The zero-order chi connectivity index (χ0) is 14.4. The quantitative estimate of drug-likeness (QED) is 0.669. The van der Waals surface area contributed by atoms with Gasteiger partial charge in [-0.1, -0.05) is 6.92 Å². The Morgan fingerprint density at radius 1 is 1.30 bits per heavy atom. The van der Waals surface area contributed by atoms with Crippen molar-refractivity contribution in [3.8, 4) is 11.3 Å². The molecule has 20 heavy (non-hydrogen) atoms. The van der Waals surface area contributed by atoms with Crippen molar-refractivity contribution in [2.75, 3.05) is 0 Å². The maximum absolute atomic E-state index is 7.44. The molecule has 0 bridgehead atoms. The van der Waals surface area contributed by atoms with Crippen molar-refractivity contribution in [1.82, 2.24) is 9.97 Å². The highest BCUT2D eigenvalue weighted by Gasteiger charge is 2.07. The number of aliphatic imine (C=N–C) groups is 1. The first-order valence-electron chi connectivity index (χ1n) is 6.68. The SMILES string of the molecule is CCC=Nc1ncc(-c2cc[n+](CC)cc2)nc1C=N. The van der Waals surface area contributed by atoms with E-state index in [1.165, 1.54) is 6.21 Å². The molecule has 2 rings (SSSR count). The van der Waals surface area contributed by atoms with Gasteiger partial charge in [-0.15, -0.1) is 0 Å². The fourth-order valence-electron chi connectivity index (χ4n) is 1.75. The molecule has 2 heterocycles. The van der Waals surface area contributed by atoms with Gasteiger partial charge in [0.05, 0.1) is 11.9 Å². The van der Waals surface area contributed by atoms with Crippen LogP contribution in [-0.4, -0.2) is 22.4 Å². The van der Waals surface area contributed by atoms with Gasteiger partial charge >= 0.3 is 0 Å². The summed E-state index contributed by atoms with van der Waals surface area (Å²) in [4.78, 5) is 12.9. The van der Waals surface area contributed by atoms with Crippen LogP contribution in [0.3, 0.4) is 0 Å². The fraction of sp³-hybridized carbons (Fsp3) is 0.267. The van der Waals surface area contributed by atoms with E-state index in [2.05, 4.69) is 26.5 Å². The molecule has 0 atom stereocenters. The average molecular weight is 268 g/mol. The minimum Gasteiger partial charge on any atom is -0.306 e. The van der Waals surface area contributed by atoms with Gasteiger partial charge in [-0.2, -0.15) is 0 Å². The highest BCUT2D eigenvalue weighted by Crippen LogP contribution is 2.19. The zero-order valence-electron chi connectivity index (χ0n) is 11.7. The molecule has 0 unspecified atom stereocenters. The lowest BCUT2D eigenvalue weighted by Gasteiger charge is -2.03. The second-order valence-electron chi connectivity index (χ2n) is 4.25. The molecule has 5 nitrogen and oxygen atoms in total. The Hall–Kier alpha value is -2.43. The van der Waals surface area contributed by atoms with Gasteiger partial charge in [-0.3, -0.25) is 0 Å². The molecule has 0 saturated heterocycles. The molecule has 0 aliphatic carbocycles. The molecular weight excluding hydrogens is 250 g/mol. The number of pyridine rings is 1. The van der Waals surface area contributed by atoms with Gasteiger partial charge in [0.15, 0.2) is 18.2 Å². The average Bonchev–Trinajstić information content (AvgIpc) is 2.52. The molecule has 5 heteroatoms. The van der Waals surface area contributed by atoms with Gasteiger partial charge in [0.2, 0.25) is 0 Å². The van der Waals surface area contributed by atoms with E-state index in [0.29, 0.717) is 11.5 Å². The summed E-state index contributed by atoms with van der Waals surface area (Å²) in [7, 11) is 0. The maximum Gasteiger partial charge on any atom is 0.179 e. The number of aromatic nitrogens is 3. The highest BCUT2D eigenvalue weighted by atomic mass is 15.0. The van der Waals surface area contributed by atoms with Crippen LogP contribution in [0.15, 0.2) is 35.7 Å². The van der Waals surface area contributed by atoms with Crippen LogP contribution in [0.25, 0.3) is 11.3 Å². The van der Waals surface area contributed by atoms with Crippen LogP contribution in [0.5, 0.6) is 0 Å². The van der Waals surface area contributed by atoms with Gasteiger partial charge in [-0.05, 0) is 13.3 Å². The predicted molar refractivity (Wildman–Crippen MR) is 79.7 cm³/mol. The second kappa shape index (κ2) is 6.65. The molecule has 0 aromatic carbocycles. The molecule has 0 amide bonds. The largest absolute Gasteiger partial charge is 0.306 e. The molecule has 1 N–H and O–H groups in total. The summed E-state index contributed by atoms with van der Waals surface area (Å²) >= 11 is 0. The molecular formula is C15H18N5+. The summed E-state index contributed by atoms with van der Waals surface area (Å²) in [5.74, 6) is 0.491. The van der Waals surface area contributed by atoms with Gasteiger partial charge < -0.3 is 5.41 Å². The van der Waals surface area contributed by atoms with E-state index in [1.54, 1.807) is 12.4 Å². The minimum atomic E-state index is 0.486. The lowest BCUT2D eigenvalue weighted by Crippen LogP contribution is -2.30. The molecule has 0 aliphatic rings. The Labute approximate surface area is 118 Å². The molecule has 2 aromatic heterocycles. The van der Waals surface area contributed by atoms with Crippen LogP contribution >= 0.6 is 0 Å². The van der Waals surface area contributed by atoms with Crippen molar-refractivity contribution in [3.63, 3.8) is 0 Å². The third-order valence-corrected chi connectivity index (χ3v) is 2.86. The van der Waals surface area contributed by atoms with E-state index in [9.17, 15) is 0 Å². The topological polar surface area (TPSA) is 65.9 Å². The third kappa shape index (κ3) is 3.12. The minimum absolute atomic E-state index is 0.486. The molecule has 2 aromatic rings. The lowest BCUT2D eigenvalue weighted by molar-refractivity contribution is -0.693. The Bertz CT molecular complexity index is 617. The van der Waals surface area contributed by atoms with E-state index < -0.39 is 0 Å². The van der Waals surface area contributed by atoms with Crippen molar-refractivity contribution in [1.29, 1.82) is 5.41 Å². The van der Waals surface area contributed by atoms with Crippen LogP contribution in [0, 0.1) is 5.41 Å². The summed E-state index contributed by atoms with van der Waals surface area (Å²) in [6, 6.07) is 3.99. The number of aryl methyl sites for hydroxylation is 1. The second-order valence-corrected chi connectivity index (χ2v) is 4.25. The summed E-state index contributed by atoms with van der Waals surface area (Å²) in [5, 5.41) is 7.44. The predicted octanol–water partition coefficient (Wildman–Crippen LogP) is 2.56. The number of nitrogens with one attached hydrogen (secondary N) is 1. The van der Waals surface area contributed by atoms with Gasteiger partial charge in [0, 0.05) is 30.1 Å². The van der Waals surface area contributed by atoms with Crippen LogP contribution < -0.4 is 4.57 Å². The zero-order valence-corrected chi connectivity index (χ0v) is 11.7. The van der Waals surface area contributed by atoms with Gasteiger partial charge in [0.25, 0.3) is 0 Å². The Kier molecular flexibility index (Phi) is 4.65. The summed E-state index contributed by atoms with van der Waals surface area (Å²) in [6.45, 7) is 5.03.